The number of thiophene rings is 1. The molecule has 0 atom stereocenters. The van der Waals surface area contributed by atoms with Crippen molar-refractivity contribution in [1.29, 1.82) is 0 Å². The van der Waals surface area contributed by atoms with Gasteiger partial charge in [-0.2, -0.15) is 0 Å². The monoisotopic (exact) mass is 317 g/mol. The molecule has 0 aliphatic heterocycles. The molecule has 2 N–H and O–H groups in total. The quantitative estimate of drug-likeness (QED) is 0.870. The topological polar surface area (TPSA) is 32.3 Å². The second-order valence-electron chi connectivity index (χ2n) is 5.01. The van der Waals surface area contributed by atoms with Gasteiger partial charge in [-0.15, -0.1) is 11.3 Å². The van der Waals surface area contributed by atoms with Crippen LogP contribution < -0.4 is 5.32 Å². The summed E-state index contributed by atoms with van der Waals surface area (Å²) in [4.78, 5) is 1.34. The molecule has 0 saturated heterocycles. The zero-order valence-corrected chi connectivity index (χ0v) is 12.4. The zero-order valence-electron chi connectivity index (χ0n) is 10.0. The van der Waals surface area contributed by atoms with Gasteiger partial charge in [0, 0.05) is 34.5 Å². The summed E-state index contributed by atoms with van der Waals surface area (Å²) >= 11 is 5.31. The Kier molecular flexibility index (Phi) is 5.03. The van der Waals surface area contributed by atoms with E-state index in [-0.39, 0.29) is 5.41 Å². The van der Waals surface area contributed by atoms with Crippen LogP contribution in [0.25, 0.3) is 0 Å². The lowest BCUT2D eigenvalue weighted by atomic mass is 9.74. The van der Waals surface area contributed by atoms with Gasteiger partial charge in [-0.1, -0.05) is 19.3 Å². The van der Waals surface area contributed by atoms with Crippen molar-refractivity contribution in [3.63, 3.8) is 0 Å². The maximum absolute atomic E-state index is 9.61. The lowest BCUT2D eigenvalue weighted by Gasteiger charge is -2.35. The molecule has 96 valence electrons. The van der Waals surface area contributed by atoms with E-state index in [0.29, 0.717) is 6.61 Å². The Morgan fingerprint density at radius 1 is 1.35 bits per heavy atom. The highest BCUT2D eigenvalue weighted by Crippen LogP contribution is 2.35. The first-order valence-corrected chi connectivity index (χ1v) is 7.96. The lowest BCUT2D eigenvalue weighted by Crippen LogP contribution is -2.38. The van der Waals surface area contributed by atoms with Gasteiger partial charge in [-0.25, -0.2) is 0 Å². The third kappa shape index (κ3) is 3.53. The first-order chi connectivity index (χ1) is 8.26. The number of aliphatic hydroxyl groups excluding tert-OH is 1. The minimum Gasteiger partial charge on any atom is -0.396 e. The summed E-state index contributed by atoms with van der Waals surface area (Å²) in [5.41, 5.74) is 0.141. The molecule has 1 aliphatic rings. The first-order valence-electron chi connectivity index (χ1n) is 6.29. The molecule has 0 bridgehead atoms. The van der Waals surface area contributed by atoms with Crippen LogP contribution in [0.1, 0.15) is 37.0 Å². The van der Waals surface area contributed by atoms with Crippen molar-refractivity contribution in [3.8, 4) is 0 Å². The molecule has 2 nitrogen and oxygen atoms in total. The van der Waals surface area contributed by atoms with Crippen molar-refractivity contribution in [1.82, 2.24) is 5.32 Å². The van der Waals surface area contributed by atoms with Crippen molar-refractivity contribution in [2.24, 2.45) is 5.41 Å². The second-order valence-corrected chi connectivity index (χ2v) is 6.87. The maximum Gasteiger partial charge on any atom is 0.0499 e. The first kappa shape index (κ1) is 13.5. The smallest absolute Gasteiger partial charge is 0.0499 e. The predicted octanol–water partition coefficient (Wildman–Crippen LogP) is 3.54. The van der Waals surface area contributed by atoms with Gasteiger partial charge in [0.15, 0.2) is 0 Å². The van der Waals surface area contributed by atoms with Crippen LogP contribution in [-0.4, -0.2) is 18.3 Å². The molecule has 1 aromatic rings. The van der Waals surface area contributed by atoms with E-state index in [2.05, 4.69) is 32.7 Å². The largest absolute Gasteiger partial charge is 0.396 e. The summed E-state index contributed by atoms with van der Waals surface area (Å²) in [7, 11) is 0. The van der Waals surface area contributed by atoms with Crippen molar-refractivity contribution < 1.29 is 5.11 Å². The van der Waals surface area contributed by atoms with E-state index in [1.165, 1.54) is 41.5 Å². The van der Waals surface area contributed by atoms with E-state index in [4.69, 9.17) is 0 Å². The molecule has 1 aliphatic carbocycles. The van der Waals surface area contributed by atoms with Crippen LogP contribution in [0.2, 0.25) is 0 Å². The summed E-state index contributed by atoms with van der Waals surface area (Å²) in [5, 5.41) is 15.2. The minimum atomic E-state index is 0.141. The fourth-order valence-corrected chi connectivity index (χ4v) is 4.05. The van der Waals surface area contributed by atoms with Crippen LogP contribution in [0.5, 0.6) is 0 Å². The highest BCUT2D eigenvalue weighted by molar-refractivity contribution is 9.10. The molecule has 0 radical (unpaired) electrons. The van der Waals surface area contributed by atoms with Crippen LogP contribution >= 0.6 is 27.3 Å². The summed E-state index contributed by atoms with van der Waals surface area (Å²) < 4.78 is 1.19. The van der Waals surface area contributed by atoms with E-state index in [0.717, 1.165) is 13.1 Å². The Hall–Kier alpha value is 0.100. The molecule has 0 spiro atoms. The summed E-state index contributed by atoms with van der Waals surface area (Å²) in [6, 6.07) is 2.09. The van der Waals surface area contributed by atoms with Crippen molar-refractivity contribution >= 4 is 27.3 Å². The Morgan fingerprint density at radius 3 is 2.71 bits per heavy atom. The summed E-state index contributed by atoms with van der Waals surface area (Å²) in [6.45, 7) is 2.17. The van der Waals surface area contributed by atoms with Crippen LogP contribution in [-0.2, 0) is 6.54 Å². The number of rotatable bonds is 5. The van der Waals surface area contributed by atoms with Gasteiger partial charge in [0.1, 0.15) is 0 Å². The fraction of sp³-hybridized carbons (Fsp3) is 0.692. The Balaban J connectivity index is 1.82. The van der Waals surface area contributed by atoms with Crippen LogP contribution in [0.3, 0.4) is 0 Å². The zero-order chi connectivity index (χ0) is 12.1. The van der Waals surface area contributed by atoms with E-state index < -0.39 is 0 Å². The van der Waals surface area contributed by atoms with E-state index in [1.54, 1.807) is 11.3 Å². The van der Waals surface area contributed by atoms with Gasteiger partial charge >= 0.3 is 0 Å². The average Bonchev–Trinajstić information content (AvgIpc) is 2.76. The average molecular weight is 318 g/mol. The second kappa shape index (κ2) is 6.32. The number of aliphatic hydroxyl groups is 1. The van der Waals surface area contributed by atoms with Gasteiger partial charge in [-0.3, -0.25) is 0 Å². The van der Waals surface area contributed by atoms with Crippen LogP contribution in [0.15, 0.2) is 15.9 Å². The van der Waals surface area contributed by atoms with Crippen LogP contribution in [0, 0.1) is 5.41 Å². The van der Waals surface area contributed by atoms with Gasteiger partial charge in [0.25, 0.3) is 0 Å². The van der Waals surface area contributed by atoms with Gasteiger partial charge in [0.05, 0.1) is 0 Å². The molecule has 17 heavy (non-hydrogen) atoms. The van der Waals surface area contributed by atoms with E-state index in [9.17, 15) is 5.11 Å². The van der Waals surface area contributed by atoms with Crippen molar-refractivity contribution in [2.45, 2.75) is 38.6 Å². The van der Waals surface area contributed by atoms with Gasteiger partial charge < -0.3 is 10.4 Å². The molecule has 0 unspecified atom stereocenters. The lowest BCUT2D eigenvalue weighted by molar-refractivity contribution is 0.0811. The molecule has 1 heterocycles. The van der Waals surface area contributed by atoms with E-state index in [1.807, 2.05) is 0 Å². The van der Waals surface area contributed by atoms with Crippen molar-refractivity contribution in [3.05, 3.63) is 20.8 Å². The third-order valence-electron chi connectivity index (χ3n) is 3.73. The minimum absolute atomic E-state index is 0.141. The molecule has 1 fully saturated rings. The summed E-state index contributed by atoms with van der Waals surface area (Å²) in [5.74, 6) is 0. The Morgan fingerprint density at radius 2 is 2.12 bits per heavy atom. The van der Waals surface area contributed by atoms with Crippen LogP contribution in [0.4, 0.5) is 0 Å². The van der Waals surface area contributed by atoms with Gasteiger partial charge in [-0.05, 0) is 40.2 Å². The number of halogens is 1. The number of nitrogens with one attached hydrogen (secondary N) is 1. The standard InChI is InChI=1S/C13H20BrNOS/c14-11-4-7-17-12(11)8-15-9-13(10-16)5-2-1-3-6-13/h4,7,15-16H,1-3,5-6,8-10H2. The molecule has 0 aromatic carbocycles. The molecule has 2 rings (SSSR count). The van der Waals surface area contributed by atoms with E-state index >= 15 is 0 Å². The number of hydrogen-bond acceptors (Lipinski definition) is 3. The molecule has 1 saturated carbocycles. The fourth-order valence-electron chi connectivity index (χ4n) is 2.59. The normalized spacial score (nSPS) is 19.4. The van der Waals surface area contributed by atoms with Gasteiger partial charge in [0.2, 0.25) is 0 Å². The third-order valence-corrected chi connectivity index (χ3v) is 5.65. The molecule has 0 amide bonds. The maximum atomic E-state index is 9.61. The van der Waals surface area contributed by atoms with Crippen molar-refractivity contribution in [2.75, 3.05) is 13.2 Å². The molecular weight excluding hydrogens is 298 g/mol. The SMILES string of the molecule is OCC1(CNCc2sccc2Br)CCCCC1. The molecule has 4 heteroatoms. The summed E-state index contributed by atoms with van der Waals surface area (Å²) in [6.07, 6.45) is 6.21. The Bertz CT molecular complexity index is 347. The number of hydrogen-bond donors (Lipinski definition) is 2. The Labute approximate surface area is 116 Å². The highest BCUT2D eigenvalue weighted by atomic mass is 79.9. The molecule has 1 aromatic heterocycles. The highest BCUT2D eigenvalue weighted by Gasteiger charge is 2.30. The molecular formula is C13H20BrNOS. The predicted molar refractivity (Wildman–Crippen MR) is 76.3 cm³/mol.